The fourth-order valence-electron chi connectivity index (χ4n) is 1.95. The van der Waals surface area contributed by atoms with Gasteiger partial charge in [0.05, 0.1) is 0 Å². The van der Waals surface area contributed by atoms with Gasteiger partial charge < -0.3 is 10.6 Å². The molecular weight excluding hydrogens is 252 g/mol. The Morgan fingerprint density at radius 1 is 1.30 bits per heavy atom. The van der Waals surface area contributed by atoms with E-state index in [1.165, 1.54) is 5.56 Å². The van der Waals surface area contributed by atoms with Crippen molar-refractivity contribution in [3.05, 3.63) is 53.9 Å². The maximum atomic E-state index is 11.4. The Kier molecular flexibility index (Phi) is 5.32. The highest BCUT2D eigenvalue weighted by molar-refractivity contribution is 5.93. The van der Waals surface area contributed by atoms with E-state index >= 15 is 0 Å². The molecule has 0 aliphatic carbocycles. The number of aryl methyl sites for hydroxylation is 1. The summed E-state index contributed by atoms with van der Waals surface area (Å²) in [6.45, 7) is 2.68. The lowest BCUT2D eigenvalue weighted by Crippen LogP contribution is -2.18. The number of aromatic nitrogens is 2. The van der Waals surface area contributed by atoms with Gasteiger partial charge in [0.1, 0.15) is 0 Å². The van der Waals surface area contributed by atoms with Gasteiger partial charge in [0.25, 0.3) is 5.91 Å². The van der Waals surface area contributed by atoms with Crippen LogP contribution >= 0.6 is 0 Å². The number of amides is 1. The van der Waals surface area contributed by atoms with Gasteiger partial charge in [-0.1, -0.05) is 12.1 Å². The van der Waals surface area contributed by atoms with E-state index in [4.69, 9.17) is 0 Å². The Morgan fingerprint density at radius 3 is 2.75 bits per heavy atom. The van der Waals surface area contributed by atoms with Gasteiger partial charge in [-0.2, -0.15) is 5.10 Å². The minimum absolute atomic E-state index is 0.0521. The predicted octanol–water partition coefficient (Wildman–Crippen LogP) is 1.42. The molecule has 0 saturated carbocycles. The van der Waals surface area contributed by atoms with E-state index in [9.17, 15) is 4.79 Å². The van der Waals surface area contributed by atoms with Gasteiger partial charge in [-0.15, -0.1) is 0 Å². The molecule has 1 amide bonds. The molecule has 0 atom stereocenters. The van der Waals surface area contributed by atoms with E-state index in [0.29, 0.717) is 5.56 Å². The van der Waals surface area contributed by atoms with Crippen molar-refractivity contribution in [2.24, 2.45) is 0 Å². The molecule has 2 aromatic rings. The second-order valence-corrected chi connectivity index (χ2v) is 4.58. The Morgan fingerprint density at radius 2 is 2.10 bits per heavy atom. The van der Waals surface area contributed by atoms with Gasteiger partial charge in [-0.05, 0) is 36.7 Å². The average Bonchev–Trinajstić information content (AvgIpc) is 3.00. The monoisotopic (exact) mass is 272 g/mol. The van der Waals surface area contributed by atoms with Crippen molar-refractivity contribution >= 4 is 5.91 Å². The number of hydrogen-bond donors (Lipinski definition) is 2. The smallest absolute Gasteiger partial charge is 0.251 e. The molecule has 106 valence electrons. The predicted molar refractivity (Wildman–Crippen MR) is 78.4 cm³/mol. The van der Waals surface area contributed by atoms with Crippen LogP contribution in [0.4, 0.5) is 0 Å². The molecule has 0 radical (unpaired) electrons. The largest absolute Gasteiger partial charge is 0.355 e. The maximum absolute atomic E-state index is 11.4. The summed E-state index contributed by atoms with van der Waals surface area (Å²) in [5, 5.41) is 10.2. The van der Waals surface area contributed by atoms with Gasteiger partial charge in [-0.3, -0.25) is 9.48 Å². The van der Waals surface area contributed by atoms with Crippen molar-refractivity contribution in [3.63, 3.8) is 0 Å². The van der Waals surface area contributed by atoms with Crippen molar-refractivity contribution < 1.29 is 4.79 Å². The minimum atomic E-state index is -0.0521. The number of hydrogen-bond acceptors (Lipinski definition) is 3. The molecule has 0 unspecified atom stereocenters. The van der Waals surface area contributed by atoms with E-state index in [0.717, 1.165) is 26.1 Å². The Hall–Kier alpha value is -2.14. The van der Waals surface area contributed by atoms with Crippen LogP contribution in [0, 0.1) is 0 Å². The first-order valence-electron chi connectivity index (χ1n) is 6.79. The SMILES string of the molecule is CNC(=O)c1ccc(CNCCCn2cccn2)cc1. The van der Waals surface area contributed by atoms with E-state index < -0.39 is 0 Å². The van der Waals surface area contributed by atoms with E-state index in [2.05, 4.69) is 15.7 Å². The Balaban J connectivity index is 1.67. The average molecular weight is 272 g/mol. The van der Waals surface area contributed by atoms with Crippen LogP contribution in [0.3, 0.4) is 0 Å². The molecule has 20 heavy (non-hydrogen) atoms. The summed E-state index contributed by atoms with van der Waals surface area (Å²) in [6.07, 6.45) is 4.80. The van der Waals surface area contributed by atoms with Crippen LogP contribution < -0.4 is 10.6 Å². The first-order valence-corrected chi connectivity index (χ1v) is 6.79. The lowest BCUT2D eigenvalue weighted by molar-refractivity contribution is 0.0963. The molecule has 0 bridgehead atoms. The maximum Gasteiger partial charge on any atom is 0.251 e. The summed E-state index contributed by atoms with van der Waals surface area (Å²) >= 11 is 0. The summed E-state index contributed by atoms with van der Waals surface area (Å²) < 4.78 is 1.93. The number of benzene rings is 1. The highest BCUT2D eigenvalue weighted by Gasteiger charge is 2.01. The molecule has 0 fully saturated rings. The number of carbonyl (C=O) groups excluding carboxylic acids is 1. The zero-order valence-corrected chi connectivity index (χ0v) is 11.7. The number of carbonyl (C=O) groups is 1. The van der Waals surface area contributed by atoms with Gasteiger partial charge in [0, 0.05) is 38.1 Å². The van der Waals surface area contributed by atoms with Crippen LogP contribution in [0.15, 0.2) is 42.7 Å². The molecule has 0 spiro atoms. The van der Waals surface area contributed by atoms with Crippen molar-refractivity contribution in [3.8, 4) is 0 Å². The molecule has 1 aromatic carbocycles. The zero-order chi connectivity index (χ0) is 14.2. The van der Waals surface area contributed by atoms with Crippen molar-refractivity contribution in [2.75, 3.05) is 13.6 Å². The highest BCUT2D eigenvalue weighted by Crippen LogP contribution is 2.04. The van der Waals surface area contributed by atoms with Crippen LogP contribution in [0.1, 0.15) is 22.3 Å². The van der Waals surface area contributed by atoms with Crippen molar-refractivity contribution in [1.29, 1.82) is 0 Å². The third-order valence-electron chi connectivity index (χ3n) is 3.07. The quantitative estimate of drug-likeness (QED) is 0.750. The Labute approximate surface area is 119 Å². The normalized spacial score (nSPS) is 10.4. The van der Waals surface area contributed by atoms with Crippen LogP contribution in [-0.2, 0) is 13.1 Å². The minimum Gasteiger partial charge on any atom is -0.355 e. The number of rotatable bonds is 7. The van der Waals surface area contributed by atoms with Crippen LogP contribution in [-0.4, -0.2) is 29.3 Å². The second kappa shape index (κ2) is 7.45. The fourth-order valence-corrected chi connectivity index (χ4v) is 1.95. The molecule has 5 heteroatoms. The third kappa shape index (κ3) is 4.20. The summed E-state index contributed by atoms with van der Waals surface area (Å²) in [7, 11) is 1.64. The number of nitrogens with one attached hydrogen (secondary N) is 2. The molecule has 0 aliphatic heterocycles. The van der Waals surface area contributed by atoms with Crippen molar-refractivity contribution in [1.82, 2.24) is 20.4 Å². The third-order valence-corrected chi connectivity index (χ3v) is 3.07. The summed E-state index contributed by atoms with van der Waals surface area (Å²) in [4.78, 5) is 11.4. The molecule has 2 rings (SSSR count). The standard InChI is InChI=1S/C15H20N4O/c1-16-15(20)14-6-4-13(5-7-14)12-17-8-2-10-19-11-3-9-18-19/h3-7,9,11,17H,2,8,10,12H2,1H3,(H,16,20). The lowest BCUT2D eigenvalue weighted by Gasteiger charge is -2.06. The van der Waals surface area contributed by atoms with E-state index in [1.54, 1.807) is 13.2 Å². The first-order chi connectivity index (χ1) is 9.79. The summed E-state index contributed by atoms with van der Waals surface area (Å²) in [5.41, 5.74) is 1.87. The van der Waals surface area contributed by atoms with Crippen LogP contribution in [0.5, 0.6) is 0 Å². The van der Waals surface area contributed by atoms with Crippen LogP contribution in [0.2, 0.25) is 0 Å². The van der Waals surface area contributed by atoms with Crippen molar-refractivity contribution in [2.45, 2.75) is 19.5 Å². The van der Waals surface area contributed by atoms with Gasteiger partial charge in [0.15, 0.2) is 0 Å². The molecule has 5 nitrogen and oxygen atoms in total. The van der Waals surface area contributed by atoms with E-state index in [1.807, 2.05) is 41.2 Å². The van der Waals surface area contributed by atoms with E-state index in [-0.39, 0.29) is 5.91 Å². The molecule has 0 aliphatic rings. The topological polar surface area (TPSA) is 59.0 Å². The first kappa shape index (κ1) is 14.3. The zero-order valence-electron chi connectivity index (χ0n) is 11.7. The lowest BCUT2D eigenvalue weighted by atomic mass is 10.1. The molecule has 1 heterocycles. The van der Waals surface area contributed by atoms with Gasteiger partial charge in [0.2, 0.25) is 0 Å². The fraction of sp³-hybridized carbons (Fsp3) is 0.333. The Bertz CT molecular complexity index is 519. The summed E-state index contributed by atoms with van der Waals surface area (Å²) in [5.74, 6) is -0.0521. The number of nitrogens with zero attached hydrogens (tertiary/aromatic N) is 2. The van der Waals surface area contributed by atoms with Gasteiger partial charge >= 0.3 is 0 Å². The highest BCUT2D eigenvalue weighted by atomic mass is 16.1. The molecular formula is C15H20N4O. The van der Waals surface area contributed by atoms with Gasteiger partial charge in [-0.25, -0.2) is 0 Å². The molecule has 2 N–H and O–H groups in total. The second-order valence-electron chi connectivity index (χ2n) is 4.58. The summed E-state index contributed by atoms with van der Waals surface area (Å²) in [6, 6.07) is 9.58. The molecule has 1 aromatic heterocycles. The molecule has 0 saturated heterocycles. The van der Waals surface area contributed by atoms with Crippen LogP contribution in [0.25, 0.3) is 0 Å².